The number of nitrogens with zero attached hydrogens (tertiary/aromatic N) is 2. The molecule has 1 aromatic carbocycles. The highest BCUT2D eigenvalue weighted by Crippen LogP contribution is 2.35. The first-order chi connectivity index (χ1) is 8.70. The van der Waals surface area contributed by atoms with E-state index in [4.69, 9.17) is 9.47 Å². The second kappa shape index (κ2) is 4.20. The number of fused-ring (bicyclic) bond motifs is 2. The van der Waals surface area contributed by atoms with Gasteiger partial charge in [-0.1, -0.05) is 11.8 Å². The molecule has 0 atom stereocenters. The fourth-order valence-electron chi connectivity index (χ4n) is 2.03. The molecule has 0 spiro atoms. The van der Waals surface area contributed by atoms with Gasteiger partial charge in [-0.25, -0.2) is 4.98 Å². The average molecular weight is 264 g/mol. The number of imidazole rings is 1. The number of ether oxygens (including phenoxy) is 2. The normalized spacial score (nSPS) is 13.9. The molecule has 0 bridgehead atoms. The lowest BCUT2D eigenvalue weighted by atomic mass is 10.2. The summed E-state index contributed by atoms with van der Waals surface area (Å²) in [6.07, 6.45) is 1.90. The lowest BCUT2D eigenvalue weighted by Crippen LogP contribution is -2.15. The van der Waals surface area contributed by atoms with Gasteiger partial charge in [0, 0.05) is 19.1 Å². The minimum atomic E-state index is -0.0569. The van der Waals surface area contributed by atoms with Gasteiger partial charge >= 0.3 is 0 Å². The number of hydrogen-bond acceptors (Lipinski definition) is 5. The van der Waals surface area contributed by atoms with Gasteiger partial charge in [-0.2, -0.15) is 0 Å². The van der Waals surface area contributed by atoms with Crippen molar-refractivity contribution in [2.45, 2.75) is 12.1 Å². The molecule has 0 N–H and O–H groups in total. The highest BCUT2D eigenvalue weighted by atomic mass is 32.2. The van der Waals surface area contributed by atoms with Crippen molar-refractivity contribution in [1.29, 1.82) is 0 Å². The second-order valence-electron chi connectivity index (χ2n) is 3.94. The molecular formula is C12H12N2O3S. The highest BCUT2D eigenvalue weighted by Gasteiger charge is 2.19. The van der Waals surface area contributed by atoms with Crippen molar-refractivity contribution < 1.29 is 14.3 Å². The number of hydrogen-bond donors (Lipinski definition) is 0. The van der Waals surface area contributed by atoms with Crippen LogP contribution in [0.15, 0.2) is 17.3 Å². The van der Waals surface area contributed by atoms with Crippen LogP contribution in [-0.2, 0) is 0 Å². The first-order valence-electron chi connectivity index (χ1n) is 5.57. The zero-order chi connectivity index (χ0) is 12.7. The number of aromatic nitrogens is 2. The minimum absolute atomic E-state index is 0.0569. The zero-order valence-corrected chi connectivity index (χ0v) is 10.9. The van der Waals surface area contributed by atoms with Crippen LogP contribution in [0.3, 0.4) is 0 Å². The van der Waals surface area contributed by atoms with Crippen LogP contribution in [0.2, 0.25) is 0 Å². The number of carbonyl (C=O) groups excluding carboxylic acids is 1. The maximum atomic E-state index is 11.7. The van der Waals surface area contributed by atoms with Crippen LogP contribution in [0.25, 0.3) is 11.0 Å². The Labute approximate surface area is 108 Å². The standard InChI is InChI=1S/C12H12N2O3S/c1-7(15)14-9-6-11-10(16-3-4-17-11)5-8(9)13-12(14)18-2/h5-6H,3-4H2,1-2H3. The summed E-state index contributed by atoms with van der Waals surface area (Å²) in [4.78, 5) is 16.1. The number of benzene rings is 1. The van der Waals surface area contributed by atoms with E-state index >= 15 is 0 Å². The fourth-order valence-corrected chi connectivity index (χ4v) is 2.63. The van der Waals surface area contributed by atoms with E-state index < -0.39 is 0 Å². The van der Waals surface area contributed by atoms with E-state index in [0.29, 0.717) is 29.9 Å². The molecule has 0 aliphatic carbocycles. The maximum Gasteiger partial charge on any atom is 0.230 e. The summed E-state index contributed by atoms with van der Waals surface area (Å²) in [7, 11) is 0. The second-order valence-corrected chi connectivity index (χ2v) is 4.71. The van der Waals surface area contributed by atoms with Gasteiger partial charge in [0.25, 0.3) is 0 Å². The molecule has 2 heterocycles. The smallest absolute Gasteiger partial charge is 0.230 e. The third kappa shape index (κ3) is 1.64. The third-order valence-electron chi connectivity index (χ3n) is 2.79. The van der Waals surface area contributed by atoms with Crippen molar-refractivity contribution in [3.63, 3.8) is 0 Å². The van der Waals surface area contributed by atoms with E-state index in [9.17, 15) is 4.79 Å². The molecule has 5 nitrogen and oxygen atoms in total. The topological polar surface area (TPSA) is 53.4 Å². The summed E-state index contributed by atoms with van der Waals surface area (Å²) in [5.74, 6) is 1.30. The molecule has 0 saturated heterocycles. The molecule has 2 aromatic rings. The number of carbonyl (C=O) groups is 1. The SMILES string of the molecule is CSc1nc2cc3c(cc2n1C(C)=O)OCCO3. The Hall–Kier alpha value is -1.69. The summed E-state index contributed by atoms with van der Waals surface area (Å²) in [6.45, 7) is 2.60. The average Bonchev–Trinajstić information content (AvgIpc) is 2.73. The minimum Gasteiger partial charge on any atom is -0.486 e. The van der Waals surface area contributed by atoms with E-state index in [-0.39, 0.29) is 5.91 Å². The summed E-state index contributed by atoms with van der Waals surface area (Å²) < 4.78 is 12.6. The van der Waals surface area contributed by atoms with E-state index in [1.54, 1.807) is 4.57 Å². The first kappa shape index (κ1) is 11.4. The van der Waals surface area contributed by atoms with E-state index in [1.807, 2.05) is 18.4 Å². The molecule has 18 heavy (non-hydrogen) atoms. The van der Waals surface area contributed by atoms with Gasteiger partial charge in [0.1, 0.15) is 13.2 Å². The molecule has 0 radical (unpaired) electrons. The summed E-state index contributed by atoms with van der Waals surface area (Å²) in [5.41, 5.74) is 1.51. The van der Waals surface area contributed by atoms with Gasteiger partial charge in [0.2, 0.25) is 5.91 Å². The Balaban J connectivity index is 2.29. The predicted molar refractivity (Wildman–Crippen MR) is 68.8 cm³/mol. The Morgan fingerprint density at radius 3 is 2.61 bits per heavy atom. The van der Waals surface area contributed by atoms with Gasteiger partial charge in [-0.3, -0.25) is 9.36 Å². The van der Waals surface area contributed by atoms with Gasteiger partial charge in [0.05, 0.1) is 11.0 Å². The van der Waals surface area contributed by atoms with Crippen LogP contribution in [0.4, 0.5) is 0 Å². The molecule has 94 valence electrons. The van der Waals surface area contributed by atoms with Crippen molar-refractivity contribution in [1.82, 2.24) is 9.55 Å². The summed E-state index contributed by atoms with van der Waals surface area (Å²) >= 11 is 1.44. The largest absolute Gasteiger partial charge is 0.486 e. The van der Waals surface area contributed by atoms with Crippen LogP contribution in [-0.4, -0.2) is 34.9 Å². The van der Waals surface area contributed by atoms with Crippen LogP contribution >= 0.6 is 11.8 Å². The lowest BCUT2D eigenvalue weighted by Gasteiger charge is -2.18. The molecule has 0 unspecified atom stereocenters. The van der Waals surface area contributed by atoms with Crippen LogP contribution in [0.1, 0.15) is 11.7 Å². The van der Waals surface area contributed by atoms with Gasteiger partial charge in [-0.05, 0) is 6.26 Å². The molecule has 1 aliphatic heterocycles. The van der Waals surface area contributed by atoms with Crippen molar-refractivity contribution >= 4 is 28.7 Å². The molecule has 1 aliphatic rings. The maximum absolute atomic E-state index is 11.7. The number of rotatable bonds is 1. The van der Waals surface area contributed by atoms with E-state index in [1.165, 1.54) is 18.7 Å². The Morgan fingerprint density at radius 1 is 1.33 bits per heavy atom. The quantitative estimate of drug-likeness (QED) is 0.739. The fraction of sp³-hybridized carbons (Fsp3) is 0.333. The monoisotopic (exact) mass is 264 g/mol. The highest BCUT2D eigenvalue weighted by molar-refractivity contribution is 7.98. The molecule has 0 amide bonds. The van der Waals surface area contributed by atoms with Crippen molar-refractivity contribution in [2.75, 3.05) is 19.5 Å². The Kier molecular flexibility index (Phi) is 2.66. The molecule has 1 aromatic heterocycles. The van der Waals surface area contributed by atoms with Gasteiger partial charge in [-0.15, -0.1) is 0 Å². The zero-order valence-electron chi connectivity index (χ0n) is 10.1. The molecular weight excluding hydrogens is 252 g/mol. The van der Waals surface area contributed by atoms with Crippen LogP contribution in [0, 0.1) is 0 Å². The number of thioether (sulfide) groups is 1. The molecule has 6 heteroatoms. The predicted octanol–water partition coefficient (Wildman–Crippen LogP) is 2.19. The third-order valence-corrected chi connectivity index (χ3v) is 3.42. The first-order valence-corrected chi connectivity index (χ1v) is 6.80. The molecule has 0 fully saturated rings. The van der Waals surface area contributed by atoms with Crippen LogP contribution < -0.4 is 9.47 Å². The van der Waals surface area contributed by atoms with Crippen molar-refractivity contribution in [3.05, 3.63) is 12.1 Å². The van der Waals surface area contributed by atoms with Crippen molar-refractivity contribution in [3.8, 4) is 11.5 Å². The van der Waals surface area contributed by atoms with Crippen LogP contribution in [0.5, 0.6) is 11.5 Å². The van der Waals surface area contributed by atoms with Gasteiger partial charge in [0.15, 0.2) is 16.7 Å². The lowest BCUT2D eigenvalue weighted by molar-refractivity contribution is 0.0931. The summed E-state index contributed by atoms with van der Waals surface area (Å²) in [5, 5.41) is 0.680. The van der Waals surface area contributed by atoms with Gasteiger partial charge < -0.3 is 9.47 Å². The van der Waals surface area contributed by atoms with E-state index in [0.717, 1.165) is 11.0 Å². The Bertz CT molecular complexity index is 636. The van der Waals surface area contributed by atoms with E-state index in [2.05, 4.69) is 4.98 Å². The van der Waals surface area contributed by atoms with Crippen molar-refractivity contribution in [2.24, 2.45) is 0 Å². The summed E-state index contributed by atoms with van der Waals surface area (Å²) in [6, 6.07) is 3.64. The Morgan fingerprint density at radius 2 is 2.00 bits per heavy atom. The molecule has 0 saturated carbocycles. The molecule has 3 rings (SSSR count).